The van der Waals surface area contributed by atoms with Crippen LogP contribution in [-0.4, -0.2) is 12.6 Å². The average Bonchev–Trinajstić information content (AvgIpc) is 2.30. The van der Waals surface area contributed by atoms with E-state index in [9.17, 15) is 4.79 Å². The molecular formula is C13H19NO2. The van der Waals surface area contributed by atoms with E-state index in [1.165, 1.54) is 0 Å². The van der Waals surface area contributed by atoms with Crippen LogP contribution in [0.15, 0.2) is 30.3 Å². The molecule has 0 bridgehead atoms. The summed E-state index contributed by atoms with van der Waals surface area (Å²) in [4.78, 5) is 11.8. The Bertz CT molecular complexity index is 333. The fraction of sp³-hybridized carbons (Fsp3) is 0.462. The zero-order chi connectivity index (χ0) is 12.0. The van der Waals surface area contributed by atoms with Gasteiger partial charge in [-0.2, -0.15) is 0 Å². The lowest BCUT2D eigenvalue weighted by molar-refractivity contribution is -0.150. The average molecular weight is 221 g/mol. The van der Waals surface area contributed by atoms with E-state index in [-0.39, 0.29) is 5.97 Å². The van der Waals surface area contributed by atoms with Crippen molar-refractivity contribution in [2.75, 3.05) is 6.61 Å². The van der Waals surface area contributed by atoms with Gasteiger partial charge < -0.3 is 10.5 Å². The van der Waals surface area contributed by atoms with Gasteiger partial charge in [-0.05, 0) is 18.9 Å². The number of carbonyl (C=O) groups excluding carboxylic acids is 1. The summed E-state index contributed by atoms with van der Waals surface area (Å²) in [6, 6.07) is 9.28. The summed E-state index contributed by atoms with van der Waals surface area (Å²) in [5, 5.41) is 0. The van der Waals surface area contributed by atoms with Gasteiger partial charge >= 0.3 is 5.97 Å². The number of hydrogen-bond acceptors (Lipinski definition) is 3. The lowest BCUT2D eigenvalue weighted by Gasteiger charge is -2.22. The maximum absolute atomic E-state index is 11.8. The fourth-order valence-corrected chi connectivity index (χ4v) is 1.36. The SMILES string of the molecule is CCCCOC(=O)C(C)(N)c1ccccc1. The topological polar surface area (TPSA) is 52.3 Å². The van der Waals surface area contributed by atoms with E-state index >= 15 is 0 Å². The Hall–Kier alpha value is -1.35. The molecule has 2 N–H and O–H groups in total. The van der Waals surface area contributed by atoms with Crippen molar-refractivity contribution in [2.24, 2.45) is 5.73 Å². The van der Waals surface area contributed by atoms with Crippen molar-refractivity contribution in [3.05, 3.63) is 35.9 Å². The molecule has 0 aromatic heterocycles. The molecule has 1 atom stereocenters. The molecule has 0 amide bonds. The lowest BCUT2D eigenvalue weighted by Crippen LogP contribution is -2.43. The number of carbonyl (C=O) groups is 1. The van der Waals surface area contributed by atoms with Crippen molar-refractivity contribution in [1.82, 2.24) is 0 Å². The molecule has 1 unspecified atom stereocenters. The Kier molecular flexibility index (Phi) is 4.50. The number of rotatable bonds is 5. The van der Waals surface area contributed by atoms with Gasteiger partial charge in [0.25, 0.3) is 0 Å². The summed E-state index contributed by atoms with van der Waals surface area (Å²) < 4.78 is 5.14. The first-order chi connectivity index (χ1) is 7.59. The van der Waals surface area contributed by atoms with Crippen molar-refractivity contribution < 1.29 is 9.53 Å². The molecule has 0 aliphatic carbocycles. The molecule has 1 aromatic rings. The van der Waals surface area contributed by atoms with Crippen LogP contribution in [0.3, 0.4) is 0 Å². The Morgan fingerprint density at radius 1 is 1.38 bits per heavy atom. The molecule has 0 heterocycles. The van der Waals surface area contributed by atoms with E-state index in [2.05, 4.69) is 0 Å². The smallest absolute Gasteiger partial charge is 0.330 e. The molecule has 0 saturated carbocycles. The third-order valence-corrected chi connectivity index (χ3v) is 2.53. The van der Waals surface area contributed by atoms with Gasteiger partial charge in [-0.3, -0.25) is 0 Å². The highest BCUT2D eigenvalue weighted by molar-refractivity contribution is 5.81. The summed E-state index contributed by atoms with van der Waals surface area (Å²) in [5.74, 6) is -0.368. The monoisotopic (exact) mass is 221 g/mol. The van der Waals surface area contributed by atoms with E-state index in [0.717, 1.165) is 18.4 Å². The molecule has 3 heteroatoms. The Morgan fingerprint density at radius 3 is 2.56 bits per heavy atom. The third-order valence-electron chi connectivity index (χ3n) is 2.53. The molecule has 1 rings (SSSR count). The fourth-order valence-electron chi connectivity index (χ4n) is 1.36. The summed E-state index contributed by atoms with van der Waals surface area (Å²) in [7, 11) is 0. The van der Waals surface area contributed by atoms with Gasteiger partial charge in [-0.1, -0.05) is 43.7 Å². The molecule has 0 radical (unpaired) electrons. The van der Waals surface area contributed by atoms with E-state index in [0.29, 0.717) is 6.61 Å². The quantitative estimate of drug-likeness (QED) is 0.612. The van der Waals surface area contributed by atoms with Gasteiger partial charge in [-0.25, -0.2) is 4.79 Å². The van der Waals surface area contributed by atoms with Crippen LogP contribution in [0.4, 0.5) is 0 Å². The van der Waals surface area contributed by atoms with Crippen LogP contribution < -0.4 is 5.73 Å². The third kappa shape index (κ3) is 3.07. The van der Waals surface area contributed by atoms with E-state index in [1.807, 2.05) is 37.3 Å². The van der Waals surface area contributed by atoms with E-state index in [4.69, 9.17) is 10.5 Å². The standard InChI is InChI=1S/C13H19NO2/c1-3-4-10-16-12(15)13(2,14)11-8-6-5-7-9-11/h5-9H,3-4,10,14H2,1-2H3. The van der Waals surface area contributed by atoms with Gasteiger partial charge in [0.2, 0.25) is 0 Å². The molecule has 88 valence electrons. The highest BCUT2D eigenvalue weighted by Gasteiger charge is 2.31. The number of ether oxygens (including phenoxy) is 1. The van der Waals surface area contributed by atoms with Gasteiger partial charge in [0, 0.05) is 0 Å². The predicted octanol–water partition coefficient (Wildman–Crippen LogP) is 2.20. The second kappa shape index (κ2) is 5.66. The van der Waals surface area contributed by atoms with Crippen LogP contribution in [0.25, 0.3) is 0 Å². The normalized spacial score (nSPS) is 14.2. The number of hydrogen-bond donors (Lipinski definition) is 1. The van der Waals surface area contributed by atoms with Gasteiger partial charge in [-0.15, -0.1) is 0 Å². The van der Waals surface area contributed by atoms with Crippen LogP contribution in [0.5, 0.6) is 0 Å². The highest BCUT2D eigenvalue weighted by atomic mass is 16.5. The lowest BCUT2D eigenvalue weighted by atomic mass is 9.93. The van der Waals surface area contributed by atoms with Crippen molar-refractivity contribution >= 4 is 5.97 Å². The molecule has 1 aromatic carbocycles. The molecule has 3 nitrogen and oxygen atoms in total. The van der Waals surface area contributed by atoms with Crippen LogP contribution in [0.1, 0.15) is 32.3 Å². The molecular weight excluding hydrogens is 202 g/mol. The second-order valence-corrected chi connectivity index (χ2v) is 4.06. The number of unbranched alkanes of at least 4 members (excludes halogenated alkanes) is 1. The summed E-state index contributed by atoms with van der Waals surface area (Å²) in [6.45, 7) is 4.16. The maximum Gasteiger partial charge on any atom is 0.330 e. The van der Waals surface area contributed by atoms with E-state index in [1.54, 1.807) is 6.92 Å². The molecule has 0 aliphatic heterocycles. The second-order valence-electron chi connectivity index (χ2n) is 4.06. The maximum atomic E-state index is 11.8. The summed E-state index contributed by atoms with van der Waals surface area (Å²) in [6.07, 6.45) is 1.87. The Morgan fingerprint density at radius 2 is 2.00 bits per heavy atom. The van der Waals surface area contributed by atoms with Crippen LogP contribution in [-0.2, 0) is 15.1 Å². The zero-order valence-corrected chi connectivity index (χ0v) is 9.90. The minimum absolute atomic E-state index is 0.368. The van der Waals surface area contributed by atoms with Gasteiger partial charge in [0.1, 0.15) is 5.54 Å². The number of nitrogens with two attached hydrogens (primary N) is 1. The van der Waals surface area contributed by atoms with Crippen LogP contribution in [0, 0.1) is 0 Å². The summed E-state index contributed by atoms with van der Waals surface area (Å²) >= 11 is 0. The van der Waals surface area contributed by atoms with Crippen molar-refractivity contribution in [3.8, 4) is 0 Å². The highest BCUT2D eigenvalue weighted by Crippen LogP contribution is 2.18. The molecule has 0 fully saturated rings. The zero-order valence-electron chi connectivity index (χ0n) is 9.90. The summed E-state index contributed by atoms with van der Waals surface area (Å²) in [5.41, 5.74) is 5.70. The minimum atomic E-state index is -1.06. The molecule has 0 saturated heterocycles. The molecule has 0 aliphatic rings. The van der Waals surface area contributed by atoms with Crippen molar-refractivity contribution in [2.45, 2.75) is 32.2 Å². The first kappa shape index (κ1) is 12.7. The van der Waals surface area contributed by atoms with Gasteiger partial charge in [0.05, 0.1) is 6.61 Å². The van der Waals surface area contributed by atoms with Crippen LogP contribution in [0.2, 0.25) is 0 Å². The van der Waals surface area contributed by atoms with E-state index < -0.39 is 5.54 Å². The van der Waals surface area contributed by atoms with Crippen LogP contribution >= 0.6 is 0 Å². The Balaban J connectivity index is 2.66. The number of benzene rings is 1. The van der Waals surface area contributed by atoms with Gasteiger partial charge in [0.15, 0.2) is 0 Å². The van der Waals surface area contributed by atoms with Crippen molar-refractivity contribution in [3.63, 3.8) is 0 Å². The minimum Gasteiger partial charge on any atom is -0.464 e. The molecule has 0 spiro atoms. The van der Waals surface area contributed by atoms with Crippen molar-refractivity contribution in [1.29, 1.82) is 0 Å². The molecule has 16 heavy (non-hydrogen) atoms. The largest absolute Gasteiger partial charge is 0.464 e. The first-order valence-electron chi connectivity index (χ1n) is 5.60. The number of esters is 1. The Labute approximate surface area is 96.6 Å². The first-order valence-corrected chi connectivity index (χ1v) is 5.60. The predicted molar refractivity (Wildman–Crippen MR) is 63.8 cm³/mol.